The molecular formula is C120H76Ir2N6. The SMILES string of the molecule is [Ir+3].[Ir+3].[c-]1cc(-c2ccccc2-c2cc(-c3ccccc3-c3c[c-]c(-c4cc(-c5cccc(-c6ccccc6)c5)ccn4)cc3)cc(-c3ccccc3-c3c[c-]c(-c4cc(-c5cccc(-c6ccccc6)c5)ccn4)cc3)c2)c[c-]c1-c1ncccn1.[c-]1cc(-c2ccccc2-c2cccc(-c3ccccc3-c3c[c-]c(-c4ccccn4)cc3)c2)ccc1-c1ccccn1. The van der Waals surface area contributed by atoms with Crippen molar-refractivity contribution in [2.24, 2.45) is 0 Å². The van der Waals surface area contributed by atoms with E-state index in [0.717, 1.165) is 145 Å². The number of benzene rings is 16. The molecule has 0 saturated carbocycles. The van der Waals surface area contributed by atoms with Gasteiger partial charge in [0.25, 0.3) is 0 Å². The van der Waals surface area contributed by atoms with Gasteiger partial charge < -0.3 is 29.9 Å². The Balaban J connectivity index is 0.000000211. The fourth-order valence-electron chi connectivity index (χ4n) is 16.6. The van der Waals surface area contributed by atoms with Gasteiger partial charge in [0.15, 0.2) is 0 Å². The standard InChI is InChI=1S/C80H50N4.C40H26N2.2Ir/c1-3-16-55(17-4-1)63-20-13-22-65(48-63)67-42-46-81-78(53-67)60-36-30-57(31-37-60)72-24-7-10-27-75(72)69-50-70(52-71(51-69)77-29-12-9-26-74(77)59-34-40-62(41-35-59)80-83-44-15-45-84-80)76-28-11-8-25-73(76)58-32-38-61(39-33-58)79-54-68(43-47-82-79)66-23-14-21-64(49-66)56-18-5-2-6-19-56;1-3-14-37(35(12-1)29-18-22-31(23-19-29)39-16-5-7-26-41-39)33-10-9-11-34(28-33)38-15-4-2-13-36(38)30-20-24-32(25-21-30)40-17-6-8-27-42-40;;/h1-36,38,42-54H;1-22,24,26-28H;;/q-4;-2;2*+3. The van der Waals surface area contributed by atoms with E-state index >= 15 is 0 Å². The van der Waals surface area contributed by atoms with Crippen molar-refractivity contribution in [3.05, 3.63) is 498 Å². The summed E-state index contributed by atoms with van der Waals surface area (Å²) in [6, 6.07) is 170. The number of aromatic nitrogens is 6. The molecule has 0 aliphatic heterocycles. The summed E-state index contributed by atoms with van der Waals surface area (Å²) < 4.78 is 0. The molecule has 16 aromatic carbocycles. The first-order valence-electron chi connectivity index (χ1n) is 42.0. The number of hydrogen-bond donors (Lipinski definition) is 0. The molecule has 0 bridgehead atoms. The van der Waals surface area contributed by atoms with Crippen molar-refractivity contribution < 1.29 is 40.2 Å². The second kappa shape index (κ2) is 39.1. The minimum Gasteiger partial charge on any atom is -0.333 e. The van der Waals surface area contributed by atoms with Gasteiger partial charge in [0.1, 0.15) is 0 Å². The average Bonchev–Trinajstić information content (AvgIpc) is 0.761. The third-order valence-electron chi connectivity index (χ3n) is 22.9. The minimum atomic E-state index is 0. The van der Waals surface area contributed by atoms with Crippen LogP contribution in [0.2, 0.25) is 0 Å². The molecule has 0 aliphatic carbocycles. The molecule has 0 spiro atoms. The van der Waals surface area contributed by atoms with Crippen molar-refractivity contribution in [3.8, 4) is 212 Å². The van der Waals surface area contributed by atoms with E-state index in [1.807, 2.05) is 91.5 Å². The molecule has 0 N–H and O–H groups in total. The third-order valence-corrected chi connectivity index (χ3v) is 22.9. The molecule has 0 fully saturated rings. The van der Waals surface area contributed by atoms with Crippen LogP contribution < -0.4 is 0 Å². The molecule has 5 heterocycles. The average molecular weight is 1990 g/mol. The first kappa shape index (κ1) is 83.4. The Bertz CT molecular complexity index is 7010. The second-order valence-electron chi connectivity index (χ2n) is 30.7. The van der Waals surface area contributed by atoms with E-state index in [0.29, 0.717) is 11.4 Å². The smallest absolute Gasteiger partial charge is 0.333 e. The van der Waals surface area contributed by atoms with E-state index in [4.69, 9.17) is 9.97 Å². The molecule has 0 amide bonds. The maximum absolute atomic E-state index is 4.83. The molecule has 0 radical (unpaired) electrons. The van der Waals surface area contributed by atoms with Crippen LogP contribution >= 0.6 is 0 Å². The van der Waals surface area contributed by atoms with Crippen LogP contribution in [0.25, 0.3) is 212 Å². The molecule has 21 aromatic rings. The van der Waals surface area contributed by atoms with Crippen LogP contribution in [0.5, 0.6) is 0 Å². The molecule has 21 rings (SSSR count). The molecular weight excluding hydrogens is 1910 g/mol. The predicted molar refractivity (Wildman–Crippen MR) is 516 cm³/mol. The van der Waals surface area contributed by atoms with Crippen molar-refractivity contribution in [1.29, 1.82) is 0 Å². The zero-order chi connectivity index (χ0) is 84.2. The fraction of sp³-hybridized carbons (Fsp3) is 0. The molecule has 8 heteroatoms. The van der Waals surface area contributed by atoms with Gasteiger partial charge in [0, 0.05) is 37.2 Å². The summed E-state index contributed by atoms with van der Waals surface area (Å²) in [7, 11) is 0. The monoisotopic (exact) mass is 1990 g/mol. The quantitative estimate of drug-likeness (QED) is 0.0751. The summed E-state index contributed by atoms with van der Waals surface area (Å²) in [6.07, 6.45) is 10.9. The second-order valence-corrected chi connectivity index (χ2v) is 30.7. The van der Waals surface area contributed by atoms with Crippen LogP contribution in [0.4, 0.5) is 0 Å². The molecule has 604 valence electrons. The van der Waals surface area contributed by atoms with Crippen molar-refractivity contribution in [2.75, 3.05) is 0 Å². The van der Waals surface area contributed by atoms with Crippen molar-refractivity contribution in [2.45, 2.75) is 0 Å². The summed E-state index contributed by atoms with van der Waals surface area (Å²) in [4.78, 5) is 27.5. The molecule has 0 atom stereocenters. The fourth-order valence-corrected chi connectivity index (χ4v) is 16.6. The number of pyridine rings is 4. The Morgan fingerprint density at radius 3 is 0.727 bits per heavy atom. The zero-order valence-corrected chi connectivity index (χ0v) is 74.0. The summed E-state index contributed by atoms with van der Waals surface area (Å²) >= 11 is 0. The maximum atomic E-state index is 4.83. The molecule has 128 heavy (non-hydrogen) atoms. The predicted octanol–water partition coefficient (Wildman–Crippen LogP) is 30.2. The first-order chi connectivity index (χ1) is 62.4. The van der Waals surface area contributed by atoms with Crippen LogP contribution in [-0.2, 0) is 40.2 Å². The Kier molecular flexibility index (Phi) is 25.5. The Morgan fingerprint density at radius 1 is 0.141 bits per heavy atom. The number of hydrogen-bond acceptors (Lipinski definition) is 6. The normalized spacial score (nSPS) is 10.8. The summed E-state index contributed by atoms with van der Waals surface area (Å²) in [5, 5.41) is 0. The van der Waals surface area contributed by atoms with Gasteiger partial charge in [-0.2, -0.15) is 5.56 Å². The number of rotatable bonds is 19. The molecule has 6 nitrogen and oxygen atoms in total. The van der Waals surface area contributed by atoms with Crippen LogP contribution in [-0.4, -0.2) is 29.9 Å². The third kappa shape index (κ3) is 18.5. The van der Waals surface area contributed by atoms with Gasteiger partial charge in [-0.3, -0.25) is 12.1 Å². The Labute approximate surface area is 774 Å². The van der Waals surface area contributed by atoms with Crippen LogP contribution in [0.1, 0.15) is 0 Å². The molecule has 0 unspecified atom stereocenters. The van der Waals surface area contributed by atoms with Gasteiger partial charge in [-0.15, -0.1) is 119 Å². The summed E-state index contributed by atoms with van der Waals surface area (Å²) in [5.74, 6) is 0.588. The van der Waals surface area contributed by atoms with Gasteiger partial charge in [0.2, 0.25) is 0 Å². The van der Waals surface area contributed by atoms with Crippen molar-refractivity contribution in [3.63, 3.8) is 0 Å². The van der Waals surface area contributed by atoms with Gasteiger partial charge >= 0.3 is 40.2 Å². The van der Waals surface area contributed by atoms with Crippen LogP contribution in [0, 0.1) is 36.4 Å². The van der Waals surface area contributed by atoms with Gasteiger partial charge in [-0.25, -0.2) is 17.7 Å². The van der Waals surface area contributed by atoms with Gasteiger partial charge in [-0.1, -0.05) is 323 Å². The molecule has 0 aliphatic rings. The van der Waals surface area contributed by atoms with Gasteiger partial charge in [0.05, 0.1) is 0 Å². The van der Waals surface area contributed by atoms with Crippen molar-refractivity contribution >= 4 is 0 Å². The largest absolute Gasteiger partial charge is 3.00 e. The summed E-state index contributed by atoms with van der Waals surface area (Å²) in [5.41, 5.74) is 39.5. The van der Waals surface area contributed by atoms with Crippen molar-refractivity contribution in [1.82, 2.24) is 29.9 Å². The number of nitrogens with zero attached hydrogens (tertiary/aromatic N) is 6. The zero-order valence-electron chi connectivity index (χ0n) is 69.2. The minimum absolute atomic E-state index is 0. The first-order valence-corrected chi connectivity index (χ1v) is 42.0. The Morgan fingerprint density at radius 2 is 0.391 bits per heavy atom. The van der Waals surface area contributed by atoms with E-state index < -0.39 is 0 Å². The Hall–Kier alpha value is -15.5. The maximum Gasteiger partial charge on any atom is 3.00 e. The van der Waals surface area contributed by atoms with Gasteiger partial charge in [-0.05, 0) is 195 Å². The van der Waals surface area contributed by atoms with E-state index in [-0.39, 0.29) is 40.2 Å². The van der Waals surface area contributed by atoms with E-state index in [1.54, 1.807) is 12.4 Å². The van der Waals surface area contributed by atoms with Crippen LogP contribution in [0.15, 0.2) is 462 Å². The van der Waals surface area contributed by atoms with E-state index in [9.17, 15) is 0 Å². The van der Waals surface area contributed by atoms with E-state index in [2.05, 4.69) is 414 Å². The summed E-state index contributed by atoms with van der Waals surface area (Å²) in [6.45, 7) is 0. The van der Waals surface area contributed by atoms with E-state index in [1.165, 1.54) is 55.6 Å². The molecule has 0 saturated heterocycles. The molecule has 5 aromatic heterocycles. The topological polar surface area (TPSA) is 77.3 Å². The van der Waals surface area contributed by atoms with Crippen LogP contribution in [0.3, 0.4) is 0 Å².